The number of carbonyl (C=O) groups excluding carboxylic acids is 3. The van der Waals surface area contributed by atoms with Crippen molar-refractivity contribution in [2.75, 3.05) is 20.3 Å². The van der Waals surface area contributed by atoms with Crippen molar-refractivity contribution in [3.05, 3.63) is 64.9 Å². The van der Waals surface area contributed by atoms with E-state index in [1.54, 1.807) is 32.0 Å². The van der Waals surface area contributed by atoms with Gasteiger partial charge >= 0.3 is 12.0 Å². The second kappa shape index (κ2) is 13.1. The van der Waals surface area contributed by atoms with Crippen LogP contribution < -0.4 is 30.3 Å². The smallest absolute Gasteiger partial charge is 0.338 e. The second-order valence-corrected chi connectivity index (χ2v) is 8.52. The Bertz CT molecular complexity index is 1220. The molecule has 0 unspecified atom stereocenters. The Morgan fingerprint density at radius 2 is 1.87 bits per heavy atom. The minimum atomic E-state index is -0.755. The van der Waals surface area contributed by atoms with E-state index in [1.807, 2.05) is 38.1 Å². The van der Waals surface area contributed by atoms with E-state index < -0.39 is 23.9 Å². The number of nitrogens with one attached hydrogen (secondary N) is 3. The number of benzene rings is 2. The number of nitrogens with zero attached hydrogens (tertiary/aromatic N) is 1. The van der Waals surface area contributed by atoms with E-state index in [4.69, 9.17) is 18.9 Å². The molecule has 0 fully saturated rings. The average molecular weight is 525 g/mol. The van der Waals surface area contributed by atoms with Gasteiger partial charge in [0, 0.05) is 5.70 Å². The van der Waals surface area contributed by atoms with Gasteiger partial charge in [-0.1, -0.05) is 6.07 Å². The van der Waals surface area contributed by atoms with Gasteiger partial charge in [-0.2, -0.15) is 5.10 Å². The van der Waals surface area contributed by atoms with E-state index in [9.17, 15) is 14.4 Å². The first-order valence-corrected chi connectivity index (χ1v) is 12.1. The molecule has 0 radical (unpaired) electrons. The summed E-state index contributed by atoms with van der Waals surface area (Å²) >= 11 is 0. The van der Waals surface area contributed by atoms with Gasteiger partial charge in [-0.15, -0.1) is 0 Å². The maximum atomic E-state index is 12.5. The van der Waals surface area contributed by atoms with Crippen molar-refractivity contribution < 1.29 is 33.3 Å². The highest BCUT2D eigenvalue weighted by molar-refractivity contribution is 5.95. The van der Waals surface area contributed by atoms with Gasteiger partial charge in [-0.25, -0.2) is 15.0 Å². The molecule has 0 spiro atoms. The number of hydrazone groups is 1. The molecular weight excluding hydrogens is 492 g/mol. The van der Waals surface area contributed by atoms with E-state index in [0.29, 0.717) is 22.8 Å². The zero-order valence-electron chi connectivity index (χ0n) is 22.0. The Balaban J connectivity index is 1.63. The van der Waals surface area contributed by atoms with Crippen LogP contribution >= 0.6 is 0 Å². The van der Waals surface area contributed by atoms with Gasteiger partial charge in [0.15, 0.2) is 18.1 Å². The molecule has 11 nitrogen and oxygen atoms in total. The van der Waals surface area contributed by atoms with Crippen molar-refractivity contribution in [1.82, 2.24) is 16.1 Å². The van der Waals surface area contributed by atoms with Crippen molar-refractivity contribution >= 4 is 24.1 Å². The van der Waals surface area contributed by atoms with Gasteiger partial charge in [0.25, 0.3) is 5.91 Å². The highest BCUT2D eigenvalue weighted by Gasteiger charge is 2.32. The molecule has 0 saturated heterocycles. The number of methoxy groups -OCH3 is 1. The number of ether oxygens (including phenoxy) is 4. The highest BCUT2D eigenvalue weighted by Crippen LogP contribution is 2.34. The first-order valence-electron chi connectivity index (χ1n) is 12.1. The first kappa shape index (κ1) is 28.0. The standard InChI is InChI=1S/C27H32N4O7/c1-6-36-26(33)24-17(4)29-27(34)30-25(24)19-9-12-21(22(13-19)35-5)37-15-23(32)31-28-14-18-7-10-20(11-8-18)38-16(2)3/h7-14,16,25H,6,15H2,1-5H3,(H,31,32)(H2,29,30,34)/b28-14-/t25-/m1/s1. The van der Waals surface area contributed by atoms with Crippen LogP contribution in [-0.2, 0) is 14.3 Å². The Morgan fingerprint density at radius 3 is 2.53 bits per heavy atom. The molecule has 0 aliphatic carbocycles. The van der Waals surface area contributed by atoms with E-state index in [2.05, 4.69) is 21.2 Å². The molecule has 2 aromatic rings. The van der Waals surface area contributed by atoms with E-state index >= 15 is 0 Å². The molecule has 0 bridgehead atoms. The third-order valence-corrected chi connectivity index (χ3v) is 5.30. The van der Waals surface area contributed by atoms with E-state index in [1.165, 1.54) is 13.3 Å². The fourth-order valence-electron chi connectivity index (χ4n) is 3.67. The molecule has 3 rings (SSSR count). The number of amides is 3. The maximum Gasteiger partial charge on any atom is 0.338 e. The van der Waals surface area contributed by atoms with Crippen LogP contribution in [0.15, 0.2) is 58.8 Å². The number of rotatable bonds is 11. The van der Waals surface area contributed by atoms with E-state index in [0.717, 1.165) is 11.3 Å². The topological polar surface area (TPSA) is 137 Å². The molecule has 38 heavy (non-hydrogen) atoms. The number of allylic oxidation sites excluding steroid dienone is 1. The SMILES string of the molecule is CCOC(=O)C1=C(C)NC(=O)N[C@@H]1c1ccc(OCC(=O)N/N=C\c2ccc(OC(C)C)cc2)c(OC)c1. The lowest BCUT2D eigenvalue weighted by molar-refractivity contribution is -0.139. The van der Waals surface area contributed by atoms with Crippen molar-refractivity contribution in [2.24, 2.45) is 5.10 Å². The third-order valence-electron chi connectivity index (χ3n) is 5.30. The molecule has 1 aliphatic rings. The average Bonchev–Trinajstić information content (AvgIpc) is 2.87. The Labute approximate surface area is 221 Å². The third kappa shape index (κ3) is 7.48. The van der Waals surface area contributed by atoms with E-state index in [-0.39, 0.29) is 24.9 Å². The Morgan fingerprint density at radius 1 is 1.13 bits per heavy atom. The number of urea groups is 1. The minimum Gasteiger partial charge on any atom is -0.493 e. The monoisotopic (exact) mass is 524 g/mol. The summed E-state index contributed by atoms with van der Waals surface area (Å²) in [6.45, 7) is 7.11. The number of esters is 1. The van der Waals surface area contributed by atoms with Gasteiger partial charge in [0.1, 0.15) is 5.75 Å². The molecule has 202 valence electrons. The molecule has 1 atom stereocenters. The fourth-order valence-corrected chi connectivity index (χ4v) is 3.67. The summed E-state index contributed by atoms with van der Waals surface area (Å²) < 4.78 is 21.8. The summed E-state index contributed by atoms with van der Waals surface area (Å²) in [5.74, 6) is 0.353. The molecule has 3 N–H and O–H groups in total. The first-order chi connectivity index (χ1) is 18.2. The zero-order chi connectivity index (χ0) is 27.7. The molecule has 11 heteroatoms. The van der Waals surface area contributed by atoms with Crippen LogP contribution in [0, 0.1) is 0 Å². The Hall–Kier alpha value is -4.54. The number of hydrogen-bond acceptors (Lipinski definition) is 8. The van der Waals surface area contributed by atoms with Crippen LogP contribution in [0.3, 0.4) is 0 Å². The molecule has 0 saturated carbocycles. The maximum absolute atomic E-state index is 12.5. The van der Waals surface area contributed by atoms with Crippen LogP contribution in [0.1, 0.15) is 44.9 Å². The highest BCUT2D eigenvalue weighted by atomic mass is 16.5. The molecule has 1 aliphatic heterocycles. The van der Waals surface area contributed by atoms with Crippen molar-refractivity contribution in [3.8, 4) is 17.2 Å². The zero-order valence-corrected chi connectivity index (χ0v) is 22.0. The van der Waals surface area contributed by atoms with Gasteiger partial charge in [0.05, 0.1) is 37.7 Å². The van der Waals surface area contributed by atoms with Crippen molar-refractivity contribution in [1.29, 1.82) is 0 Å². The second-order valence-electron chi connectivity index (χ2n) is 8.52. The summed E-state index contributed by atoms with van der Waals surface area (Å²) in [5.41, 5.74) is 4.45. The number of hydrogen-bond donors (Lipinski definition) is 3. The minimum absolute atomic E-state index is 0.0807. The predicted octanol–water partition coefficient (Wildman–Crippen LogP) is 3.20. The van der Waals surface area contributed by atoms with Crippen LogP contribution in [-0.4, -0.2) is 50.5 Å². The van der Waals surface area contributed by atoms with Crippen molar-refractivity contribution in [3.63, 3.8) is 0 Å². The van der Waals surface area contributed by atoms with Gasteiger partial charge in [-0.05, 0) is 75.2 Å². The summed E-state index contributed by atoms with van der Waals surface area (Å²) in [4.78, 5) is 36.9. The van der Waals surface area contributed by atoms with Crippen LogP contribution in [0.4, 0.5) is 4.79 Å². The van der Waals surface area contributed by atoms with Crippen molar-refractivity contribution in [2.45, 2.75) is 39.8 Å². The van der Waals surface area contributed by atoms with Crippen LogP contribution in [0.5, 0.6) is 17.2 Å². The summed E-state index contributed by atoms with van der Waals surface area (Å²) in [6.07, 6.45) is 1.59. The molecule has 2 aromatic carbocycles. The molecule has 3 amide bonds. The van der Waals surface area contributed by atoms with Gasteiger partial charge in [0.2, 0.25) is 0 Å². The fraction of sp³-hybridized carbons (Fsp3) is 0.333. The summed E-state index contributed by atoms with van der Waals surface area (Å²) in [7, 11) is 1.45. The molecule has 0 aromatic heterocycles. The summed E-state index contributed by atoms with van der Waals surface area (Å²) in [5, 5.41) is 9.26. The van der Waals surface area contributed by atoms with Gasteiger partial charge < -0.3 is 29.6 Å². The molecule has 1 heterocycles. The number of carbonyl (C=O) groups is 3. The van der Waals surface area contributed by atoms with Gasteiger partial charge in [-0.3, -0.25) is 4.79 Å². The largest absolute Gasteiger partial charge is 0.493 e. The normalized spacial score (nSPS) is 15.1. The summed E-state index contributed by atoms with van der Waals surface area (Å²) in [6, 6.07) is 11.0. The van der Waals surface area contributed by atoms with Crippen LogP contribution in [0.2, 0.25) is 0 Å². The van der Waals surface area contributed by atoms with Crippen LogP contribution in [0.25, 0.3) is 0 Å². The Kier molecular flexibility index (Phi) is 9.69. The quantitative estimate of drug-likeness (QED) is 0.233. The lowest BCUT2D eigenvalue weighted by Gasteiger charge is -2.28. The predicted molar refractivity (Wildman–Crippen MR) is 140 cm³/mol. The lowest BCUT2D eigenvalue weighted by atomic mass is 9.95. The molecular formula is C27H32N4O7. The lowest BCUT2D eigenvalue weighted by Crippen LogP contribution is -2.45.